The molecule has 0 bridgehead atoms. The Morgan fingerprint density at radius 1 is 1.46 bits per heavy atom. The minimum Gasteiger partial charge on any atom is -0.195 e. The van der Waals surface area contributed by atoms with Gasteiger partial charge in [-0.15, -0.1) is 3.89 Å². The van der Waals surface area contributed by atoms with Gasteiger partial charge in [0.15, 0.2) is 0 Å². The molecule has 13 heavy (non-hydrogen) atoms. The van der Waals surface area contributed by atoms with E-state index in [1.165, 1.54) is 13.3 Å². The lowest BCUT2D eigenvalue weighted by atomic mass is 9.86. The van der Waals surface area contributed by atoms with Crippen LogP contribution >= 0.6 is 0 Å². The summed E-state index contributed by atoms with van der Waals surface area (Å²) in [5, 5.41) is -0.773. The van der Waals surface area contributed by atoms with Crippen LogP contribution in [0.25, 0.3) is 0 Å². The summed E-state index contributed by atoms with van der Waals surface area (Å²) < 4.78 is 34.4. The van der Waals surface area contributed by atoms with Crippen LogP contribution < -0.4 is 0 Å². The maximum Gasteiger partial charge on any atom is 0.305 e. The van der Waals surface area contributed by atoms with Crippen LogP contribution in [0.1, 0.15) is 39.0 Å². The van der Waals surface area contributed by atoms with E-state index in [1.54, 1.807) is 0 Å². The lowest BCUT2D eigenvalue weighted by Gasteiger charge is -2.25. The summed E-state index contributed by atoms with van der Waals surface area (Å²) in [7, 11) is -4.32. The van der Waals surface area contributed by atoms with E-state index in [1.807, 2.05) is 0 Å². The topological polar surface area (TPSA) is 34.1 Å². The molecule has 0 radical (unpaired) electrons. The van der Waals surface area contributed by atoms with E-state index in [2.05, 4.69) is 0 Å². The predicted molar refractivity (Wildman–Crippen MR) is 48.5 cm³/mol. The maximum absolute atomic E-state index is 12.8. The van der Waals surface area contributed by atoms with Crippen LogP contribution in [-0.4, -0.2) is 13.7 Å². The van der Waals surface area contributed by atoms with Crippen molar-refractivity contribution in [1.29, 1.82) is 0 Å². The SMILES string of the molecule is CC(C12CCCCC1C2)S(=O)(=O)F. The van der Waals surface area contributed by atoms with E-state index < -0.39 is 15.5 Å². The van der Waals surface area contributed by atoms with Gasteiger partial charge >= 0.3 is 10.2 Å². The molecule has 76 valence electrons. The molecule has 0 aromatic rings. The highest BCUT2D eigenvalue weighted by molar-refractivity contribution is 7.87. The summed E-state index contributed by atoms with van der Waals surface area (Å²) >= 11 is 0. The van der Waals surface area contributed by atoms with Gasteiger partial charge in [-0.2, -0.15) is 8.42 Å². The van der Waals surface area contributed by atoms with Gasteiger partial charge in [-0.25, -0.2) is 0 Å². The molecule has 2 nitrogen and oxygen atoms in total. The highest BCUT2D eigenvalue weighted by Gasteiger charge is 2.61. The largest absolute Gasteiger partial charge is 0.305 e. The van der Waals surface area contributed by atoms with Crippen LogP contribution in [0.15, 0.2) is 0 Å². The molecule has 3 unspecified atom stereocenters. The van der Waals surface area contributed by atoms with Gasteiger partial charge in [-0.1, -0.05) is 12.8 Å². The first-order chi connectivity index (χ1) is 5.97. The summed E-state index contributed by atoms with van der Waals surface area (Å²) in [6, 6.07) is 0. The van der Waals surface area contributed by atoms with Gasteiger partial charge < -0.3 is 0 Å². The highest BCUT2D eigenvalue weighted by atomic mass is 32.3. The monoisotopic (exact) mass is 206 g/mol. The minimum atomic E-state index is -4.32. The van der Waals surface area contributed by atoms with Gasteiger partial charge in [0.05, 0.1) is 5.25 Å². The van der Waals surface area contributed by atoms with Crippen molar-refractivity contribution in [2.24, 2.45) is 11.3 Å². The first kappa shape index (κ1) is 9.44. The number of hydrogen-bond donors (Lipinski definition) is 0. The Bertz CT molecular complexity index is 312. The van der Waals surface area contributed by atoms with Crippen molar-refractivity contribution in [3.8, 4) is 0 Å². The first-order valence-electron chi connectivity index (χ1n) is 4.90. The fourth-order valence-electron chi connectivity index (χ4n) is 2.92. The van der Waals surface area contributed by atoms with E-state index in [-0.39, 0.29) is 5.41 Å². The lowest BCUT2D eigenvalue weighted by molar-refractivity contribution is 0.322. The molecule has 0 heterocycles. The van der Waals surface area contributed by atoms with Crippen molar-refractivity contribution in [3.63, 3.8) is 0 Å². The second kappa shape index (κ2) is 2.69. The van der Waals surface area contributed by atoms with Crippen molar-refractivity contribution in [2.45, 2.75) is 44.3 Å². The zero-order valence-corrected chi connectivity index (χ0v) is 8.61. The Morgan fingerprint density at radius 3 is 2.69 bits per heavy atom. The number of hydrogen-bond acceptors (Lipinski definition) is 2. The highest BCUT2D eigenvalue weighted by Crippen LogP contribution is 2.64. The van der Waals surface area contributed by atoms with E-state index in [4.69, 9.17) is 0 Å². The minimum absolute atomic E-state index is 0.175. The molecule has 2 saturated carbocycles. The van der Waals surface area contributed by atoms with Crippen molar-refractivity contribution in [3.05, 3.63) is 0 Å². The van der Waals surface area contributed by atoms with Crippen LogP contribution in [0.4, 0.5) is 3.89 Å². The second-order valence-electron chi connectivity index (χ2n) is 4.50. The van der Waals surface area contributed by atoms with Crippen LogP contribution in [0, 0.1) is 11.3 Å². The molecule has 0 N–H and O–H groups in total. The summed E-state index contributed by atoms with van der Waals surface area (Å²) in [4.78, 5) is 0. The Hall–Kier alpha value is -0.120. The van der Waals surface area contributed by atoms with Crippen LogP contribution in [0.2, 0.25) is 0 Å². The Kier molecular flexibility index (Phi) is 1.95. The molecule has 2 rings (SSSR count). The quantitative estimate of drug-likeness (QED) is 0.649. The van der Waals surface area contributed by atoms with Gasteiger partial charge in [0.1, 0.15) is 0 Å². The molecular weight excluding hydrogens is 191 g/mol. The molecule has 2 fully saturated rings. The van der Waals surface area contributed by atoms with Gasteiger partial charge in [0, 0.05) is 0 Å². The molecule has 0 amide bonds. The van der Waals surface area contributed by atoms with Gasteiger partial charge in [-0.05, 0) is 37.5 Å². The smallest absolute Gasteiger partial charge is 0.195 e. The summed E-state index contributed by atoms with van der Waals surface area (Å²) in [5.41, 5.74) is -0.175. The van der Waals surface area contributed by atoms with E-state index in [0.717, 1.165) is 25.7 Å². The summed E-state index contributed by atoms with van der Waals surface area (Å²) in [5.74, 6) is 0.488. The average molecular weight is 206 g/mol. The van der Waals surface area contributed by atoms with Gasteiger partial charge in [0.2, 0.25) is 0 Å². The third kappa shape index (κ3) is 1.39. The Balaban J connectivity index is 2.18. The average Bonchev–Trinajstić information content (AvgIpc) is 2.76. The molecule has 3 atom stereocenters. The maximum atomic E-state index is 12.8. The zero-order valence-electron chi connectivity index (χ0n) is 7.79. The van der Waals surface area contributed by atoms with Crippen LogP contribution in [0.5, 0.6) is 0 Å². The number of fused-ring (bicyclic) bond motifs is 1. The van der Waals surface area contributed by atoms with Gasteiger partial charge in [-0.3, -0.25) is 0 Å². The van der Waals surface area contributed by atoms with Crippen LogP contribution in [-0.2, 0) is 10.2 Å². The molecule has 2 aliphatic carbocycles. The molecule has 0 saturated heterocycles. The molecule has 0 aromatic carbocycles. The van der Waals surface area contributed by atoms with Gasteiger partial charge in [0.25, 0.3) is 0 Å². The van der Waals surface area contributed by atoms with Crippen LogP contribution in [0.3, 0.4) is 0 Å². The summed E-state index contributed by atoms with van der Waals surface area (Å²) in [6.07, 6.45) is 5.18. The lowest BCUT2D eigenvalue weighted by Crippen LogP contribution is -2.28. The summed E-state index contributed by atoms with van der Waals surface area (Å²) in [6.45, 7) is 1.53. The first-order valence-corrected chi connectivity index (χ1v) is 6.35. The molecule has 2 aliphatic rings. The second-order valence-corrected chi connectivity index (χ2v) is 6.16. The molecule has 4 heteroatoms. The van der Waals surface area contributed by atoms with Crippen molar-refractivity contribution in [1.82, 2.24) is 0 Å². The zero-order chi connectivity index (χ0) is 9.69. The van der Waals surface area contributed by atoms with E-state index in [0.29, 0.717) is 5.92 Å². The third-order valence-corrected chi connectivity index (χ3v) is 5.27. The fraction of sp³-hybridized carbons (Fsp3) is 1.00. The fourth-order valence-corrected chi connectivity index (χ4v) is 3.89. The van der Waals surface area contributed by atoms with Crippen molar-refractivity contribution < 1.29 is 12.3 Å². The molecule has 0 aromatic heterocycles. The standard InChI is InChI=1S/C9H15FO2S/c1-7(13(10,11)12)9-5-3-2-4-8(9)6-9/h7-8H,2-6H2,1H3. The van der Waals surface area contributed by atoms with E-state index in [9.17, 15) is 12.3 Å². The molecular formula is C9H15FO2S. The molecule has 0 aliphatic heterocycles. The predicted octanol–water partition coefficient (Wildman–Crippen LogP) is 2.25. The Morgan fingerprint density at radius 2 is 2.15 bits per heavy atom. The molecule has 0 spiro atoms. The number of rotatable bonds is 2. The van der Waals surface area contributed by atoms with Crippen molar-refractivity contribution >= 4 is 10.2 Å². The van der Waals surface area contributed by atoms with Crippen molar-refractivity contribution in [2.75, 3.05) is 0 Å². The number of halogens is 1. The Labute approximate surface area is 78.7 Å². The third-order valence-electron chi connectivity index (χ3n) is 3.96. The van der Waals surface area contributed by atoms with E-state index >= 15 is 0 Å². The normalized spacial score (nSPS) is 40.9.